The minimum Gasteiger partial charge on any atom is -0.508 e. The van der Waals surface area contributed by atoms with Gasteiger partial charge in [0.1, 0.15) is 24.0 Å². The molecular formula is C27H28N3O2+. The summed E-state index contributed by atoms with van der Waals surface area (Å²) in [4.78, 5) is 13.5. The molecule has 2 atom stereocenters. The Morgan fingerprint density at radius 3 is 2.44 bits per heavy atom. The molecule has 0 spiro atoms. The van der Waals surface area contributed by atoms with Crippen LogP contribution >= 0.6 is 0 Å². The number of amides is 1. The molecule has 1 amide bonds. The second kappa shape index (κ2) is 8.83. The van der Waals surface area contributed by atoms with E-state index in [0.717, 1.165) is 33.6 Å². The van der Waals surface area contributed by atoms with Gasteiger partial charge in [-0.2, -0.15) is 0 Å². The van der Waals surface area contributed by atoms with Gasteiger partial charge in [-0.05, 0) is 53.1 Å². The number of para-hydroxylation sites is 1. The Balaban J connectivity index is 1.59. The fourth-order valence-electron chi connectivity index (χ4n) is 4.14. The van der Waals surface area contributed by atoms with Crippen molar-refractivity contribution in [3.63, 3.8) is 0 Å². The molecule has 1 unspecified atom stereocenters. The number of anilines is 1. The predicted octanol–water partition coefficient (Wildman–Crippen LogP) is 4.12. The molecule has 0 aliphatic carbocycles. The lowest BCUT2D eigenvalue weighted by molar-refractivity contribution is -0.130. The van der Waals surface area contributed by atoms with Crippen LogP contribution in [-0.4, -0.2) is 30.6 Å². The largest absolute Gasteiger partial charge is 0.508 e. The van der Waals surface area contributed by atoms with E-state index < -0.39 is 6.04 Å². The van der Waals surface area contributed by atoms with Gasteiger partial charge in [-0.25, -0.2) is 9.28 Å². The summed E-state index contributed by atoms with van der Waals surface area (Å²) in [5, 5.41) is 9.49. The van der Waals surface area contributed by atoms with Crippen molar-refractivity contribution in [2.45, 2.75) is 12.5 Å². The lowest BCUT2D eigenvalue weighted by Gasteiger charge is -2.36. The number of nitrogens with zero attached hydrogens (tertiary/aromatic N) is 1. The topological polar surface area (TPSA) is 89.3 Å². The number of fused-ring (bicyclic) bond motifs is 1. The number of phenols is 1. The molecule has 0 fully saturated rings. The number of hydrogen-bond acceptors (Lipinski definition) is 4. The number of aromatic hydroxyl groups is 1. The third-order valence-corrected chi connectivity index (χ3v) is 6.01. The van der Waals surface area contributed by atoms with Gasteiger partial charge in [0.05, 0.1) is 7.05 Å². The molecule has 4 rings (SSSR count). The second-order valence-corrected chi connectivity index (χ2v) is 8.37. The minimum atomic E-state index is -0.655. The van der Waals surface area contributed by atoms with Gasteiger partial charge in [-0.15, -0.1) is 0 Å². The van der Waals surface area contributed by atoms with Crippen LogP contribution in [0.15, 0.2) is 84.9 Å². The van der Waals surface area contributed by atoms with Crippen LogP contribution in [0.25, 0.3) is 11.6 Å². The van der Waals surface area contributed by atoms with Crippen molar-refractivity contribution in [2.75, 3.05) is 19.3 Å². The number of carbonyl (C=O) groups is 1. The number of carbonyl (C=O) groups excluding carboxylic acids is 1. The molecule has 5 heteroatoms. The van der Waals surface area contributed by atoms with Gasteiger partial charge < -0.3 is 16.6 Å². The summed E-state index contributed by atoms with van der Waals surface area (Å²) < 4.78 is 0.120. The average molecular weight is 427 g/mol. The highest BCUT2D eigenvalue weighted by Crippen LogP contribution is 2.37. The van der Waals surface area contributed by atoms with Gasteiger partial charge in [-0.1, -0.05) is 48.6 Å². The summed E-state index contributed by atoms with van der Waals surface area (Å²) in [5.41, 5.74) is 17.9. The number of allylic oxidation sites excluding steroid dienone is 2. The third-order valence-electron chi connectivity index (χ3n) is 6.01. The summed E-state index contributed by atoms with van der Waals surface area (Å²) >= 11 is 0. The fraction of sp³-hybridized carbons (Fsp3) is 0.148. The molecule has 1 aliphatic rings. The quantitative estimate of drug-likeness (QED) is 0.423. The Bertz CT molecular complexity index is 1180. The molecule has 1 aliphatic heterocycles. The number of likely N-dealkylation sites (N-methyl/N-ethyl adjacent to an activating group) is 1. The van der Waals surface area contributed by atoms with Crippen LogP contribution < -0.4 is 16.0 Å². The molecule has 162 valence electrons. The zero-order valence-electron chi connectivity index (χ0n) is 18.1. The molecule has 3 aromatic carbocycles. The number of rotatable bonds is 5. The summed E-state index contributed by atoms with van der Waals surface area (Å²) in [6.45, 7) is 0.528. The summed E-state index contributed by atoms with van der Waals surface area (Å²) in [6, 6.07) is 21.9. The van der Waals surface area contributed by atoms with E-state index in [1.165, 1.54) is 0 Å². The first-order valence-electron chi connectivity index (χ1n) is 10.6. The van der Waals surface area contributed by atoms with Crippen molar-refractivity contribution in [3.05, 3.63) is 102 Å². The number of quaternary nitrogens is 1. The van der Waals surface area contributed by atoms with Crippen LogP contribution in [0, 0.1) is 0 Å². The third kappa shape index (κ3) is 4.35. The number of nitrogens with two attached hydrogens (primary N) is 2. The first-order chi connectivity index (χ1) is 15.4. The van der Waals surface area contributed by atoms with Crippen LogP contribution in [0.2, 0.25) is 0 Å². The number of nitrogen functional groups attached to an aromatic ring is 1. The molecule has 0 saturated carbocycles. The Labute approximate surface area is 188 Å². The second-order valence-electron chi connectivity index (χ2n) is 8.37. The maximum absolute atomic E-state index is 13.5. The highest BCUT2D eigenvalue weighted by Gasteiger charge is 2.41. The molecule has 5 nitrogen and oxygen atoms in total. The zero-order valence-corrected chi connectivity index (χ0v) is 18.1. The Morgan fingerprint density at radius 1 is 1.03 bits per heavy atom. The Kier molecular flexibility index (Phi) is 5.95. The standard InChI is InChI=1S/C27H27N3O2/c1-30(27(32)25(29)18-20-9-14-23(31)15-10-20)17-16-21(24-4-2-3-5-26(24)30)11-6-19-7-12-22(28)13-8-19/h2-16,25H,17-18,28-29H2,1H3/p+1/b11-6+/t25-,30?/m0/s1. The molecule has 5 N–H and O–H groups in total. The molecule has 0 bridgehead atoms. The van der Waals surface area contributed by atoms with Crippen LogP contribution in [0.5, 0.6) is 5.75 Å². The van der Waals surface area contributed by atoms with Crippen molar-refractivity contribution in [1.82, 2.24) is 4.48 Å². The van der Waals surface area contributed by atoms with E-state index >= 15 is 0 Å². The Morgan fingerprint density at radius 2 is 1.72 bits per heavy atom. The minimum absolute atomic E-state index is 0.0386. The van der Waals surface area contributed by atoms with E-state index in [1.54, 1.807) is 24.3 Å². The molecule has 0 aromatic heterocycles. The van der Waals surface area contributed by atoms with E-state index in [-0.39, 0.29) is 16.1 Å². The molecule has 32 heavy (non-hydrogen) atoms. The van der Waals surface area contributed by atoms with E-state index in [4.69, 9.17) is 11.5 Å². The first-order valence-corrected chi connectivity index (χ1v) is 10.6. The summed E-state index contributed by atoms with van der Waals surface area (Å²) in [6.07, 6.45) is 6.65. The normalized spacial score (nSPS) is 18.8. The van der Waals surface area contributed by atoms with Gasteiger partial charge in [-0.3, -0.25) is 0 Å². The van der Waals surface area contributed by atoms with Crippen LogP contribution in [0.4, 0.5) is 11.4 Å². The van der Waals surface area contributed by atoms with Crippen LogP contribution in [-0.2, 0) is 11.2 Å². The number of benzene rings is 3. The predicted molar refractivity (Wildman–Crippen MR) is 132 cm³/mol. The van der Waals surface area contributed by atoms with Gasteiger partial charge in [0.25, 0.3) is 0 Å². The molecular weight excluding hydrogens is 398 g/mol. The van der Waals surface area contributed by atoms with Crippen LogP contribution in [0.3, 0.4) is 0 Å². The highest BCUT2D eigenvalue weighted by atomic mass is 16.3. The maximum Gasteiger partial charge on any atom is 0.335 e. The molecule has 3 aromatic rings. The smallest absolute Gasteiger partial charge is 0.335 e. The van der Waals surface area contributed by atoms with Gasteiger partial charge in [0.2, 0.25) is 0 Å². The van der Waals surface area contributed by atoms with Crippen molar-refractivity contribution in [3.8, 4) is 5.75 Å². The molecule has 1 heterocycles. The van der Waals surface area contributed by atoms with E-state index in [9.17, 15) is 9.90 Å². The number of phenolic OH excluding ortho intramolecular Hbond substituents is 1. The van der Waals surface area contributed by atoms with E-state index in [0.29, 0.717) is 13.0 Å². The lowest BCUT2D eigenvalue weighted by atomic mass is 9.94. The molecule has 0 radical (unpaired) electrons. The fourth-order valence-corrected chi connectivity index (χ4v) is 4.14. The molecule has 0 saturated heterocycles. The van der Waals surface area contributed by atoms with Crippen molar-refractivity contribution in [2.24, 2.45) is 5.73 Å². The Hall–Kier alpha value is -3.67. The summed E-state index contributed by atoms with van der Waals surface area (Å²) in [7, 11) is 1.93. The monoisotopic (exact) mass is 426 g/mol. The van der Waals surface area contributed by atoms with E-state index in [2.05, 4.69) is 18.2 Å². The number of hydrogen-bond donors (Lipinski definition) is 3. The van der Waals surface area contributed by atoms with Crippen molar-refractivity contribution >= 4 is 28.9 Å². The first kappa shape index (κ1) is 21.6. The van der Waals surface area contributed by atoms with Crippen molar-refractivity contribution in [1.29, 1.82) is 0 Å². The zero-order chi connectivity index (χ0) is 22.7. The van der Waals surface area contributed by atoms with E-state index in [1.807, 2.05) is 55.6 Å². The van der Waals surface area contributed by atoms with Gasteiger partial charge in [0.15, 0.2) is 0 Å². The highest BCUT2D eigenvalue weighted by molar-refractivity contribution is 5.98. The average Bonchev–Trinajstić information content (AvgIpc) is 2.81. The van der Waals surface area contributed by atoms with Crippen molar-refractivity contribution < 1.29 is 9.90 Å². The SMILES string of the molecule is C[N+]1(C(=O)[C@@H](N)Cc2ccc(O)cc2)CC=C(/C=C/c2ccc(N)cc2)c2ccccc21. The van der Waals surface area contributed by atoms with Gasteiger partial charge in [0, 0.05) is 23.7 Å². The maximum atomic E-state index is 13.5. The van der Waals surface area contributed by atoms with Crippen LogP contribution in [0.1, 0.15) is 16.7 Å². The lowest BCUT2D eigenvalue weighted by Crippen LogP contribution is -2.59. The summed E-state index contributed by atoms with van der Waals surface area (Å²) in [5.74, 6) is 0.158. The van der Waals surface area contributed by atoms with Gasteiger partial charge >= 0.3 is 5.91 Å².